The first-order valence-electron chi connectivity index (χ1n) is 3.88. The van der Waals surface area contributed by atoms with Crippen LogP contribution in [0.5, 0.6) is 0 Å². The lowest BCUT2D eigenvalue weighted by atomic mass is 10.0. The lowest BCUT2D eigenvalue weighted by Gasteiger charge is -2.24. The molecule has 1 aliphatic heterocycles. The smallest absolute Gasteiger partial charge is 0.253 e. The van der Waals surface area contributed by atoms with Crippen LogP contribution in [0.1, 0.15) is 19.8 Å². The number of hydrogen-bond donors (Lipinski definition) is 0. The summed E-state index contributed by atoms with van der Waals surface area (Å²) in [7, 11) is 0. The molecule has 11 heavy (non-hydrogen) atoms. The standard InChI is InChI=1S/C9H13NO/c1-3-8-6-5-7-10(4-2)9(8)11/h3-4H,2,5-7H2,1H3. The summed E-state index contributed by atoms with van der Waals surface area (Å²) < 4.78 is 0. The van der Waals surface area contributed by atoms with E-state index in [2.05, 4.69) is 6.58 Å². The second-order valence-electron chi connectivity index (χ2n) is 2.60. The average Bonchev–Trinajstić information content (AvgIpc) is 2.05. The number of rotatable bonds is 1. The largest absolute Gasteiger partial charge is 0.316 e. The normalized spacial score (nSPS) is 22.5. The van der Waals surface area contributed by atoms with Gasteiger partial charge < -0.3 is 4.90 Å². The molecular formula is C9H13NO. The van der Waals surface area contributed by atoms with E-state index >= 15 is 0 Å². The molecule has 1 fully saturated rings. The summed E-state index contributed by atoms with van der Waals surface area (Å²) in [5.41, 5.74) is 0.913. The Kier molecular flexibility index (Phi) is 2.47. The van der Waals surface area contributed by atoms with Crippen LogP contribution in [0.3, 0.4) is 0 Å². The van der Waals surface area contributed by atoms with Gasteiger partial charge in [0, 0.05) is 12.1 Å². The maximum absolute atomic E-state index is 11.4. The highest BCUT2D eigenvalue weighted by atomic mass is 16.2. The molecule has 1 saturated heterocycles. The van der Waals surface area contributed by atoms with E-state index in [-0.39, 0.29) is 5.91 Å². The third-order valence-corrected chi connectivity index (χ3v) is 1.95. The molecule has 1 rings (SSSR count). The van der Waals surface area contributed by atoms with Crippen LogP contribution in [0.2, 0.25) is 0 Å². The molecule has 0 aromatic carbocycles. The zero-order chi connectivity index (χ0) is 8.27. The Hall–Kier alpha value is -1.05. The lowest BCUT2D eigenvalue weighted by molar-refractivity contribution is -0.125. The zero-order valence-corrected chi connectivity index (χ0v) is 6.84. The van der Waals surface area contributed by atoms with Gasteiger partial charge in [0.05, 0.1) is 0 Å². The zero-order valence-electron chi connectivity index (χ0n) is 6.84. The number of carbonyl (C=O) groups excluding carboxylic acids is 1. The predicted octanol–water partition coefficient (Wildman–Crippen LogP) is 1.70. The van der Waals surface area contributed by atoms with Gasteiger partial charge in [0.1, 0.15) is 0 Å². The minimum absolute atomic E-state index is 0.119. The Morgan fingerprint density at radius 3 is 2.91 bits per heavy atom. The van der Waals surface area contributed by atoms with Crippen molar-refractivity contribution in [2.45, 2.75) is 19.8 Å². The Balaban J connectivity index is 2.75. The summed E-state index contributed by atoms with van der Waals surface area (Å²) in [5, 5.41) is 0. The van der Waals surface area contributed by atoms with Crippen molar-refractivity contribution in [2.24, 2.45) is 0 Å². The molecule has 1 heterocycles. The molecule has 0 radical (unpaired) electrons. The number of allylic oxidation sites excluding steroid dienone is 1. The van der Waals surface area contributed by atoms with Gasteiger partial charge in [0.25, 0.3) is 5.91 Å². The summed E-state index contributed by atoms with van der Waals surface area (Å²) in [4.78, 5) is 13.0. The minimum atomic E-state index is 0.119. The van der Waals surface area contributed by atoms with Crippen molar-refractivity contribution in [3.63, 3.8) is 0 Å². The van der Waals surface area contributed by atoms with Crippen LogP contribution in [-0.2, 0) is 4.79 Å². The molecule has 0 saturated carbocycles. The van der Waals surface area contributed by atoms with E-state index in [9.17, 15) is 4.79 Å². The van der Waals surface area contributed by atoms with Crippen LogP contribution >= 0.6 is 0 Å². The molecular weight excluding hydrogens is 138 g/mol. The van der Waals surface area contributed by atoms with Gasteiger partial charge in [0.15, 0.2) is 0 Å². The molecule has 60 valence electrons. The van der Waals surface area contributed by atoms with Crippen LogP contribution in [0, 0.1) is 0 Å². The molecule has 0 atom stereocenters. The summed E-state index contributed by atoms with van der Waals surface area (Å²) in [6, 6.07) is 0. The summed E-state index contributed by atoms with van der Waals surface area (Å²) in [5.74, 6) is 0.119. The monoisotopic (exact) mass is 151 g/mol. The van der Waals surface area contributed by atoms with Gasteiger partial charge in [-0.3, -0.25) is 4.79 Å². The number of amides is 1. The molecule has 0 aromatic rings. The number of likely N-dealkylation sites (tertiary alicyclic amines) is 1. The van der Waals surface area contributed by atoms with Crippen molar-refractivity contribution >= 4 is 5.91 Å². The van der Waals surface area contributed by atoms with Crippen LogP contribution in [0.4, 0.5) is 0 Å². The molecule has 0 unspecified atom stereocenters. The first kappa shape index (κ1) is 8.05. The van der Waals surface area contributed by atoms with Crippen LogP contribution in [0.25, 0.3) is 0 Å². The molecule has 0 bridgehead atoms. The number of piperidine rings is 1. The fourth-order valence-corrected chi connectivity index (χ4v) is 1.27. The lowest BCUT2D eigenvalue weighted by Crippen LogP contribution is -2.32. The van der Waals surface area contributed by atoms with E-state index in [1.807, 2.05) is 13.0 Å². The number of hydrogen-bond acceptors (Lipinski definition) is 1. The second-order valence-corrected chi connectivity index (χ2v) is 2.60. The van der Waals surface area contributed by atoms with Gasteiger partial charge in [-0.05, 0) is 26.0 Å². The maximum atomic E-state index is 11.4. The van der Waals surface area contributed by atoms with Gasteiger partial charge in [-0.25, -0.2) is 0 Å². The van der Waals surface area contributed by atoms with Gasteiger partial charge in [0.2, 0.25) is 0 Å². The highest BCUT2D eigenvalue weighted by Gasteiger charge is 2.19. The third-order valence-electron chi connectivity index (χ3n) is 1.95. The Labute approximate surface area is 67.2 Å². The molecule has 1 aliphatic rings. The third kappa shape index (κ3) is 1.50. The molecule has 0 spiro atoms. The van der Waals surface area contributed by atoms with E-state index in [0.717, 1.165) is 25.0 Å². The quantitative estimate of drug-likeness (QED) is 0.522. The van der Waals surface area contributed by atoms with Gasteiger partial charge >= 0.3 is 0 Å². The first-order valence-corrected chi connectivity index (χ1v) is 3.88. The van der Waals surface area contributed by atoms with Crippen molar-refractivity contribution in [1.29, 1.82) is 0 Å². The minimum Gasteiger partial charge on any atom is -0.316 e. The SMILES string of the molecule is C=CN1CCCC(=CC)C1=O. The van der Waals surface area contributed by atoms with Crippen molar-refractivity contribution in [3.05, 3.63) is 24.4 Å². The van der Waals surface area contributed by atoms with E-state index < -0.39 is 0 Å². The van der Waals surface area contributed by atoms with Crippen LogP contribution in [-0.4, -0.2) is 17.4 Å². The molecule has 0 aromatic heterocycles. The molecule has 0 N–H and O–H groups in total. The number of nitrogens with zero attached hydrogens (tertiary/aromatic N) is 1. The van der Waals surface area contributed by atoms with Crippen molar-refractivity contribution in [3.8, 4) is 0 Å². The van der Waals surface area contributed by atoms with E-state index in [1.165, 1.54) is 0 Å². The molecule has 2 nitrogen and oxygen atoms in total. The molecule has 0 aliphatic carbocycles. The summed E-state index contributed by atoms with van der Waals surface area (Å²) in [6.45, 7) is 6.30. The average molecular weight is 151 g/mol. The van der Waals surface area contributed by atoms with Crippen LogP contribution in [0.15, 0.2) is 24.4 Å². The first-order chi connectivity index (χ1) is 5.29. The van der Waals surface area contributed by atoms with E-state index in [0.29, 0.717) is 0 Å². The highest BCUT2D eigenvalue weighted by molar-refractivity contribution is 5.94. The van der Waals surface area contributed by atoms with Gasteiger partial charge in [-0.15, -0.1) is 0 Å². The topological polar surface area (TPSA) is 20.3 Å². The fraction of sp³-hybridized carbons (Fsp3) is 0.444. The maximum Gasteiger partial charge on any atom is 0.253 e. The predicted molar refractivity (Wildman–Crippen MR) is 44.9 cm³/mol. The van der Waals surface area contributed by atoms with Gasteiger partial charge in [-0.2, -0.15) is 0 Å². The van der Waals surface area contributed by atoms with E-state index in [1.54, 1.807) is 11.1 Å². The Morgan fingerprint density at radius 1 is 1.64 bits per heavy atom. The fourth-order valence-electron chi connectivity index (χ4n) is 1.27. The Morgan fingerprint density at radius 2 is 2.36 bits per heavy atom. The van der Waals surface area contributed by atoms with Crippen molar-refractivity contribution < 1.29 is 4.79 Å². The number of carbonyl (C=O) groups is 1. The van der Waals surface area contributed by atoms with Crippen molar-refractivity contribution in [2.75, 3.05) is 6.54 Å². The summed E-state index contributed by atoms with van der Waals surface area (Å²) >= 11 is 0. The van der Waals surface area contributed by atoms with Crippen molar-refractivity contribution in [1.82, 2.24) is 4.90 Å². The van der Waals surface area contributed by atoms with Crippen LogP contribution < -0.4 is 0 Å². The summed E-state index contributed by atoms with van der Waals surface area (Å²) in [6.07, 6.45) is 5.46. The highest BCUT2D eigenvalue weighted by Crippen LogP contribution is 2.16. The van der Waals surface area contributed by atoms with Gasteiger partial charge in [-0.1, -0.05) is 12.7 Å². The molecule has 1 amide bonds. The second kappa shape index (κ2) is 3.37. The van der Waals surface area contributed by atoms with E-state index in [4.69, 9.17) is 0 Å². The Bertz CT molecular complexity index is 206. The molecule has 2 heteroatoms.